The number of hydrogen-bond donors (Lipinski definition) is 0. The normalized spacial score (nSPS) is 11.2. The van der Waals surface area contributed by atoms with Gasteiger partial charge in [-0.25, -0.2) is 0 Å². The molecule has 0 saturated heterocycles. The molecule has 24 heavy (non-hydrogen) atoms. The number of aryl methyl sites for hydroxylation is 1. The number of benzene rings is 1. The zero-order valence-electron chi connectivity index (χ0n) is 14.1. The standard InChI is InChI=1S/C17H22Cl2FNO3/c1-4-13-10-14(22-9-6-16(19)20)11-15(18)17(13)23-7-5-8-24-21-12(2)3/h6,10-11H,4-5,7-9H2,1-3H3/b16-6-. The lowest BCUT2D eigenvalue weighted by Crippen LogP contribution is -2.04. The van der Waals surface area contributed by atoms with Gasteiger partial charge in [0.15, 0.2) is 5.29 Å². The van der Waals surface area contributed by atoms with Gasteiger partial charge in [-0.15, -0.1) is 0 Å². The fraction of sp³-hybridized carbons (Fsp3) is 0.471. The van der Waals surface area contributed by atoms with Crippen molar-refractivity contribution in [3.63, 3.8) is 0 Å². The summed E-state index contributed by atoms with van der Waals surface area (Å²) in [6, 6.07) is 3.46. The van der Waals surface area contributed by atoms with Gasteiger partial charge in [0.2, 0.25) is 0 Å². The minimum atomic E-state index is -0.804. The fourth-order valence-electron chi connectivity index (χ4n) is 1.80. The molecule has 1 aromatic carbocycles. The molecule has 0 aliphatic carbocycles. The molecule has 1 rings (SSSR count). The van der Waals surface area contributed by atoms with E-state index in [4.69, 9.17) is 37.5 Å². The molecule has 0 aliphatic heterocycles. The Bertz CT molecular complexity index is 583. The van der Waals surface area contributed by atoms with Crippen LogP contribution in [-0.4, -0.2) is 25.5 Å². The highest BCUT2D eigenvalue weighted by molar-refractivity contribution is 6.32. The highest BCUT2D eigenvalue weighted by Crippen LogP contribution is 2.34. The van der Waals surface area contributed by atoms with Crippen LogP contribution in [0.4, 0.5) is 4.39 Å². The third-order valence-corrected chi connectivity index (χ3v) is 3.27. The monoisotopic (exact) mass is 377 g/mol. The summed E-state index contributed by atoms with van der Waals surface area (Å²) in [5, 5.41) is 3.49. The summed E-state index contributed by atoms with van der Waals surface area (Å²) in [4.78, 5) is 5.11. The topological polar surface area (TPSA) is 40.0 Å². The Balaban J connectivity index is 2.60. The van der Waals surface area contributed by atoms with Crippen molar-refractivity contribution < 1.29 is 18.7 Å². The number of rotatable bonds is 10. The van der Waals surface area contributed by atoms with Gasteiger partial charge in [-0.05, 0) is 31.9 Å². The summed E-state index contributed by atoms with van der Waals surface area (Å²) in [6.45, 7) is 6.69. The predicted octanol–water partition coefficient (Wildman–Crippen LogP) is 5.51. The Labute approximate surface area is 152 Å². The summed E-state index contributed by atoms with van der Waals surface area (Å²) in [6.07, 6.45) is 2.54. The SMILES string of the molecule is CCc1cc(OC/C=C(\F)Cl)cc(Cl)c1OCCCON=C(C)C. The molecule has 0 fully saturated rings. The summed E-state index contributed by atoms with van der Waals surface area (Å²) in [5.41, 5.74) is 1.78. The van der Waals surface area contributed by atoms with Gasteiger partial charge in [-0.3, -0.25) is 0 Å². The molecule has 0 atom stereocenters. The maximum absolute atomic E-state index is 12.4. The summed E-state index contributed by atoms with van der Waals surface area (Å²) in [7, 11) is 0. The van der Waals surface area contributed by atoms with Gasteiger partial charge in [0.05, 0.1) is 17.3 Å². The van der Waals surface area contributed by atoms with Gasteiger partial charge in [-0.2, -0.15) is 4.39 Å². The molecule has 4 nitrogen and oxygen atoms in total. The second kappa shape index (κ2) is 11.2. The Morgan fingerprint density at radius 1 is 1.25 bits per heavy atom. The van der Waals surface area contributed by atoms with Gasteiger partial charge in [0.1, 0.15) is 24.7 Å². The highest BCUT2D eigenvalue weighted by Gasteiger charge is 2.11. The van der Waals surface area contributed by atoms with Gasteiger partial charge in [-0.1, -0.05) is 35.3 Å². The third-order valence-electron chi connectivity index (χ3n) is 2.84. The summed E-state index contributed by atoms with van der Waals surface area (Å²) in [5.74, 6) is 1.16. The van der Waals surface area contributed by atoms with Crippen LogP contribution in [0.2, 0.25) is 5.02 Å². The molecule has 0 aliphatic rings. The van der Waals surface area contributed by atoms with E-state index in [0.717, 1.165) is 23.8 Å². The molecule has 0 spiro atoms. The van der Waals surface area contributed by atoms with Gasteiger partial charge < -0.3 is 14.3 Å². The predicted molar refractivity (Wildman–Crippen MR) is 96.2 cm³/mol. The van der Waals surface area contributed by atoms with Crippen LogP contribution in [0.15, 0.2) is 28.7 Å². The Morgan fingerprint density at radius 2 is 2.00 bits per heavy atom. The maximum Gasteiger partial charge on any atom is 0.188 e. The molecule has 0 heterocycles. The molecule has 0 unspecified atom stereocenters. The van der Waals surface area contributed by atoms with Crippen LogP contribution in [0.25, 0.3) is 0 Å². The smallest absolute Gasteiger partial charge is 0.188 e. The molecule has 0 amide bonds. The van der Waals surface area contributed by atoms with E-state index < -0.39 is 5.29 Å². The molecule has 1 aromatic rings. The zero-order chi connectivity index (χ0) is 17.9. The van der Waals surface area contributed by atoms with Crippen LogP contribution >= 0.6 is 23.2 Å². The van der Waals surface area contributed by atoms with Crippen LogP contribution in [0, 0.1) is 0 Å². The quantitative estimate of drug-likeness (QED) is 0.306. The van der Waals surface area contributed by atoms with Crippen molar-refractivity contribution in [2.45, 2.75) is 33.6 Å². The van der Waals surface area contributed by atoms with Gasteiger partial charge >= 0.3 is 0 Å². The molecule has 0 aromatic heterocycles. The van der Waals surface area contributed by atoms with E-state index in [1.54, 1.807) is 6.07 Å². The van der Waals surface area contributed by atoms with Crippen molar-refractivity contribution in [1.82, 2.24) is 0 Å². The fourth-order valence-corrected chi connectivity index (χ4v) is 2.15. The first kappa shape index (κ1) is 20.6. The minimum absolute atomic E-state index is 0.0315. The van der Waals surface area contributed by atoms with Gasteiger partial charge in [0, 0.05) is 18.6 Å². The van der Waals surface area contributed by atoms with E-state index in [9.17, 15) is 4.39 Å². The molecule has 0 N–H and O–H groups in total. The van der Waals surface area contributed by atoms with Crippen molar-refractivity contribution in [3.8, 4) is 11.5 Å². The van der Waals surface area contributed by atoms with Crippen LogP contribution in [0.1, 0.15) is 32.8 Å². The van der Waals surface area contributed by atoms with Crippen molar-refractivity contribution in [3.05, 3.63) is 34.1 Å². The summed E-state index contributed by atoms with van der Waals surface area (Å²) >= 11 is 11.4. The average Bonchev–Trinajstić information content (AvgIpc) is 2.51. The maximum atomic E-state index is 12.4. The van der Waals surface area contributed by atoms with E-state index in [1.807, 2.05) is 26.8 Å². The summed E-state index contributed by atoms with van der Waals surface area (Å²) < 4.78 is 23.6. The second-order valence-electron chi connectivity index (χ2n) is 5.13. The van der Waals surface area contributed by atoms with Crippen LogP contribution in [0.5, 0.6) is 11.5 Å². The molecule has 0 saturated carbocycles. The highest BCUT2D eigenvalue weighted by atomic mass is 35.5. The first-order valence-electron chi connectivity index (χ1n) is 7.66. The zero-order valence-corrected chi connectivity index (χ0v) is 15.6. The number of hydrogen-bond acceptors (Lipinski definition) is 4. The lowest BCUT2D eigenvalue weighted by Gasteiger charge is -2.14. The number of nitrogens with zero attached hydrogens (tertiary/aromatic N) is 1. The molecule has 0 radical (unpaired) electrons. The second-order valence-corrected chi connectivity index (χ2v) is 5.89. The lowest BCUT2D eigenvalue weighted by atomic mass is 10.1. The van der Waals surface area contributed by atoms with Crippen molar-refractivity contribution in [1.29, 1.82) is 0 Å². The minimum Gasteiger partial charge on any atom is -0.492 e. The first-order chi connectivity index (χ1) is 11.4. The molecule has 7 heteroatoms. The molecular weight excluding hydrogens is 356 g/mol. The van der Waals surface area contributed by atoms with E-state index in [2.05, 4.69) is 5.16 Å². The Kier molecular flexibility index (Phi) is 9.57. The molecular formula is C17H22Cl2FNO3. The Morgan fingerprint density at radius 3 is 2.62 bits per heavy atom. The number of halogens is 3. The number of oxime groups is 1. The van der Waals surface area contributed by atoms with E-state index >= 15 is 0 Å². The van der Waals surface area contributed by atoms with Crippen molar-refractivity contribution in [2.24, 2.45) is 5.16 Å². The average molecular weight is 378 g/mol. The van der Waals surface area contributed by atoms with Crippen LogP contribution in [-0.2, 0) is 11.3 Å². The first-order valence-corrected chi connectivity index (χ1v) is 8.42. The lowest BCUT2D eigenvalue weighted by molar-refractivity contribution is 0.127. The molecule has 0 bridgehead atoms. The number of ether oxygens (including phenoxy) is 2. The van der Waals surface area contributed by atoms with Crippen LogP contribution in [0.3, 0.4) is 0 Å². The molecule has 134 valence electrons. The van der Waals surface area contributed by atoms with Gasteiger partial charge in [0.25, 0.3) is 0 Å². The van der Waals surface area contributed by atoms with Crippen molar-refractivity contribution >= 4 is 28.9 Å². The van der Waals surface area contributed by atoms with Crippen molar-refractivity contribution in [2.75, 3.05) is 19.8 Å². The largest absolute Gasteiger partial charge is 0.492 e. The third kappa shape index (κ3) is 7.88. The van der Waals surface area contributed by atoms with Crippen LogP contribution < -0.4 is 9.47 Å². The Hall–Kier alpha value is -1.46. The van der Waals surface area contributed by atoms with E-state index in [1.165, 1.54) is 0 Å². The van der Waals surface area contributed by atoms with E-state index in [-0.39, 0.29) is 6.61 Å². The van der Waals surface area contributed by atoms with E-state index in [0.29, 0.717) is 36.2 Å².